The Morgan fingerprint density at radius 1 is 1.40 bits per heavy atom. The summed E-state index contributed by atoms with van der Waals surface area (Å²) in [5.74, 6) is -1.43. The molecule has 2 N–H and O–H groups in total. The van der Waals surface area contributed by atoms with Gasteiger partial charge >= 0.3 is 0 Å². The molecule has 0 saturated carbocycles. The zero-order valence-electron chi connectivity index (χ0n) is 8.00. The molecule has 0 bridgehead atoms. The zero-order valence-corrected chi connectivity index (χ0v) is 8.76. The number of benzene rings is 1. The molecule has 0 spiro atoms. The molecule has 2 rings (SSSR count). The van der Waals surface area contributed by atoms with E-state index in [1.54, 1.807) is 6.07 Å². The van der Waals surface area contributed by atoms with Crippen LogP contribution in [0.2, 0.25) is 5.02 Å². The molecular formula is C10H11ClFNO2. The van der Waals surface area contributed by atoms with E-state index in [1.807, 2.05) is 0 Å². The summed E-state index contributed by atoms with van der Waals surface area (Å²) >= 11 is 5.68. The maximum absolute atomic E-state index is 13.0. The summed E-state index contributed by atoms with van der Waals surface area (Å²) in [5.41, 5.74) is 6.25. The predicted molar refractivity (Wildman–Crippen MR) is 54.0 cm³/mol. The quantitative estimate of drug-likeness (QED) is 0.842. The first-order chi connectivity index (χ1) is 7.18. The van der Waals surface area contributed by atoms with Gasteiger partial charge in [-0.3, -0.25) is 0 Å². The molecule has 1 saturated heterocycles. The van der Waals surface area contributed by atoms with Crippen molar-refractivity contribution in [2.75, 3.05) is 19.8 Å². The van der Waals surface area contributed by atoms with Crippen molar-refractivity contribution < 1.29 is 13.9 Å². The maximum Gasteiger partial charge on any atom is 0.207 e. The van der Waals surface area contributed by atoms with Crippen LogP contribution in [0.1, 0.15) is 5.56 Å². The highest BCUT2D eigenvalue weighted by Gasteiger charge is 2.37. The summed E-state index contributed by atoms with van der Waals surface area (Å²) < 4.78 is 23.9. The standard InChI is InChI=1S/C10H11ClFNO2/c11-8-5-7(1-2-9(8)12)10(6-13)14-3-4-15-10/h1-2,5H,3-4,6,13H2. The highest BCUT2D eigenvalue weighted by atomic mass is 35.5. The van der Waals surface area contributed by atoms with Gasteiger partial charge in [0.05, 0.1) is 24.8 Å². The monoisotopic (exact) mass is 231 g/mol. The largest absolute Gasteiger partial charge is 0.342 e. The predicted octanol–water partition coefficient (Wildman–Crippen LogP) is 1.64. The van der Waals surface area contributed by atoms with Gasteiger partial charge in [0.15, 0.2) is 0 Å². The summed E-state index contributed by atoms with van der Waals surface area (Å²) in [6.07, 6.45) is 0. The van der Waals surface area contributed by atoms with Crippen molar-refractivity contribution in [3.05, 3.63) is 34.6 Å². The number of hydrogen-bond donors (Lipinski definition) is 1. The first-order valence-electron chi connectivity index (χ1n) is 4.61. The van der Waals surface area contributed by atoms with Crippen LogP contribution in [0.3, 0.4) is 0 Å². The van der Waals surface area contributed by atoms with E-state index >= 15 is 0 Å². The van der Waals surface area contributed by atoms with E-state index in [-0.39, 0.29) is 11.6 Å². The van der Waals surface area contributed by atoms with E-state index < -0.39 is 11.6 Å². The van der Waals surface area contributed by atoms with Gasteiger partial charge < -0.3 is 15.2 Å². The molecule has 1 fully saturated rings. The fourth-order valence-electron chi connectivity index (χ4n) is 1.59. The van der Waals surface area contributed by atoms with Crippen LogP contribution < -0.4 is 5.73 Å². The molecule has 15 heavy (non-hydrogen) atoms. The van der Waals surface area contributed by atoms with Crippen LogP contribution in [0.15, 0.2) is 18.2 Å². The van der Waals surface area contributed by atoms with Crippen LogP contribution in [0.25, 0.3) is 0 Å². The summed E-state index contributed by atoms with van der Waals surface area (Å²) in [7, 11) is 0. The average molecular weight is 232 g/mol. The topological polar surface area (TPSA) is 44.5 Å². The van der Waals surface area contributed by atoms with Crippen molar-refractivity contribution in [3.63, 3.8) is 0 Å². The molecule has 1 aromatic carbocycles. The van der Waals surface area contributed by atoms with E-state index in [4.69, 9.17) is 26.8 Å². The van der Waals surface area contributed by atoms with E-state index in [1.165, 1.54) is 12.1 Å². The van der Waals surface area contributed by atoms with Crippen molar-refractivity contribution in [1.29, 1.82) is 0 Å². The van der Waals surface area contributed by atoms with Gasteiger partial charge in [0.25, 0.3) is 0 Å². The Kier molecular flexibility index (Phi) is 2.93. The molecule has 82 valence electrons. The number of nitrogens with two attached hydrogens (primary N) is 1. The first-order valence-corrected chi connectivity index (χ1v) is 4.99. The van der Waals surface area contributed by atoms with E-state index in [9.17, 15) is 4.39 Å². The molecule has 1 aliphatic rings. The minimum atomic E-state index is -0.961. The van der Waals surface area contributed by atoms with Gasteiger partial charge in [-0.1, -0.05) is 17.7 Å². The lowest BCUT2D eigenvalue weighted by Crippen LogP contribution is -2.36. The van der Waals surface area contributed by atoms with Crippen LogP contribution in [0, 0.1) is 5.82 Å². The Morgan fingerprint density at radius 2 is 2.07 bits per heavy atom. The molecule has 3 nitrogen and oxygen atoms in total. The van der Waals surface area contributed by atoms with E-state index in [2.05, 4.69) is 0 Å². The molecule has 0 unspecified atom stereocenters. The Hall–Kier alpha value is -0.680. The fourth-order valence-corrected chi connectivity index (χ4v) is 1.77. The minimum Gasteiger partial charge on any atom is -0.342 e. The molecule has 0 atom stereocenters. The zero-order chi connectivity index (χ0) is 10.9. The second-order valence-electron chi connectivity index (χ2n) is 3.28. The van der Waals surface area contributed by atoms with Crippen LogP contribution in [0.4, 0.5) is 4.39 Å². The minimum absolute atomic E-state index is 0.0411. The molecular weight excluding hydrogens is 221 g/mol. The fraction of sp³-hybridized carbons (Fsp3) is 0.400. The highest BCUT2D eigenvalue weighted by Crippen LogP contribution is 2.32. The van der Waals surface area contributed by atoms with Crippen molar-refractivity contribution >= 4 is 11.6 Å². The lowest BCUT2D eigenvalue weighted by Gasteiger charge is -2.26. The van der Waals surface area contributed by atoms with E-state index in [0.29, 0.717) is 18.8 Å². The van der Waals surface area contributed by atoms with E-state index in [0.717, 1.165) is 0 Å². The van der Waals surface area contributed by atoms with Crippen molar-refractivity contribution in [1.82, 2.24) is 0 Å². The van der Waals surface area contributed by atoms with Crippen molar-refractivity contribution in [3.8, 4) is 0 Å². The number of hydrogen-bond acceptors (Lipinski definition) is 3. The molecule has 0 aromatic heterocycles. The van der Waals surface area contributed by atoms with Gasteiger partial charge in [0, 0.05) is 5.56 Å². The second-order valence-corrected chi connectivity index (χ2v) is 3.69. The summed E-state index contributed by atoms with van der Waals surface area (Å²) in [5, 5.41) is 0.0411. The number of halogens is 2. The molecule has 1 aromatic rings. The third-order valence-electron chi connectivity index (χ3n) is 2.38. The SMILES string of the molecule is NCC1(c2ccc(F)c(Cl)c2)OCCO1. The Bertz CT molecular complexity index is 366. The highest BCUT2D eigenvalue weighted by molar-refractivity contribution is 6.30. The molecule has 0 amide bonds. The average Bonchev–Trinajstić information content (AvgIpc) is 2.72. The lowest BCUT2D eigenvalue weighted by atomic mass is 10.1. The smallest absolute Gasteiger partial charge is 0.207 e. The molecule has 1 heterocycles. The first kappa shape index (κ1) is 10.8. The van der Waals surface area contributed by atoms with Crippen LogP contribution >= 0.6 is 11.6 Å². The molecule has 5 heteroatoms. The second kappa shape index (κ2) is 4.06. The van der Waals surface area contributed by atoms with Gasteiger partial charge in [0.2, 0.25) is 5.79 Å². The lowest BCUT2D eigenvalue weighted by molar-refractivity contribution is -0.156. The molecule has 0 radical (unpaired) electrons. The third kappa shape index (κ3) is 1.86. The normalized spacial score (nSPS) is 19.4. The van der Waals surface area contributed by atoms with Gasteiger partial charge in [-0.05, 0) is 12.1 Å². The maximum atomic E-state index is 13.0. The third-order valence-corrected chi connectivity index (χ3v) is 2.67. The summed E-state index contributed by atoms with van der Waals surface area (Å²) in [4.78, 5) is 0. The van der Waals surface area contributed by atoms with Crippen LogP contribution in [-0.2, 0) is 15.3 Å². The Morgan fingerprint density at radius 3 is 2.60 bits per heavy atom. The number of ether oxygens (including phenoxy) is 2. The van der Waals surface area contributed by atoms with Crippen molar-refractivity contribution in [2.24, 2.45) is 5.73 Å². The number of rotatable bonds is 2. The van der Waals surface area contributed by atoms with Crippen LogP contribution in [0.5, 0.6) is 0 Å². The van der Waals surface area contributed by atoms with Gasteiger partial charge in [-0.15, -0.1) is 0 Å². The summed E-state index contributed by atoms with van der Waals surface area (Å²) in [6, 6.07) is 4.33. The van der Waals surface area contributed by atoms with Crippen LogP contribution in [-0.4, -0.2) is 19.8 Å². The Balaban J connectivity index is 2.38. The van der Waals surface area contributed by atoms with Gasteiger partial charge in [0.1, 0.15) is 5.82 Å². The van der Waals surface area contributed by atoms with Crippen molar-refractivity contribution in [2.45, 2.75) is 5.79 Å². The molecule has 0 aliphatic carbocycles. The summed E-state index contributed by atoms with van der Waals surface area (Å²) in [6.45, 7) is 1.13. The van der Waals surface area contributed by atoms with Gasteiger partial charge in [-0.25, -0.2) is 4.39 Å². The van der Waals surface area contributed by atoms with Gasteiger partial charge in [-0.2, -0.15) is 0 Å². The molecule has 1 aliphatic heterocycles. The Labute approximate surface area is 91.9 Å².